The van der Waals surface area contributed by atoms with Crippen LogP contribution in [0, 0.1) is 0 Å². The maximum absolute atomic E-state index is 13.2. The van der Waals surface area contributed by atoms with Crippen molar-refractivity contribution in [2.75, 3.05) is 0 Å². The minimum absolute atomic E-state index is 0.0274. The molecule has 0 bridgehead atoms. The van der Waals surface area contributed by atoms with Gasteiger partial charge in [-0.15, -0.1) is 0 Å². The first-order valence-corrected chi connectivity index (χ1v) is 6.51. The molecule has 1 fully saturated rings. The average Bonchev–Trinajstić information content (AvgIpc) is 2.35. The highest BCUT2D eigenvalue weighted by Crippen LogP contribution is 2.40. The summed E-state index contributed by atoms with van der Waals surface area (Å²) in [6.45, 7) is 8.83. The molecule has 1 saturated carbocycles. The number of carbonyl (C=O) groups excluding carboxylic acids is 1. The summed E-state index contributed by atoms with van der Waals surface area (Å²) in [5.74, 6) is -4.81. The summed E-state index contributed by atoms with van der Waals surface area (Å²) in [5.41, 5.74) is -2.09. The van der Waals surface area contributed by atoms with Crippen LogP contribution >= 0.6 is 0 Å². The van der Waals surface area contributed by atoms with Gasteiger partial charge in [-0.2, -0.15) is 8.78 Å². The molecule has 1 N–H and O–H groups in total. The van der Waals surface area contributed by atoms with Gasteiger partial charge in [-0.1, -0.05) is 47.0 Å². The molecular formula is C13H26F2O2. The highest BCUT2D eigenvalue weighted by Gasteiger charge is 2.55. The second-order valence-electron chi connectivity index (χ2n) is 3.72. The lowest BCUT2D eigenvalue weighted by Gasteiger charge is -2.37. The van der Waals surface area contributed by atoms with E-state index >= 15 is 0 Å². The summed E-state index contributed by atoms with van der Waals surface area (Å²) >= 11 is 0. The van der Waals surface area contributed by atoms with E-state index in [1.165, 1.54) is 0 Å². The fourth-order valence-electron chi connectivity index (χ4n) is 1.78. The van der Waals surface area contributed by atoms with Crippen LogP contribution in [-0.2, 0) is 4.79 Å². The zero-order valence-electron chi connectivity index (χ0n) is 11.6. The van der Waals surface area contributed by atoms with E-state index in [-0.39, 0.29) is 12.8 Å². The van der Waals surface area contributed by atoms with Crippen molar-refractivity contribution in [1.82, 2.24) is 0 Å². The van der Waals surface area contributed by atoms with E-state index in [9.17, 15) is 18.7 Å². The van der Waals surface area contributed by atoms with E-state index in [0.29, 0.717) is 12.8 Å². The second kappa shape index (κ2) is 8.56. The molecule has 0 atom stereocenters. The predicted octanol–water partition coefficient (Wildman–Crippen LogP) is 3.96. The fraction of sp³-hybridized carbons (Fsp3) is 0.923. The van der Waals surface area contributed by atoms with E-state index in [2.05, 4.69) is 0 Å². The SMILES string of the molecule is CC.CC.CC(=O)C(F)(F)C1(O)CCCCC1. The number of Topliss-reactive ketones (excluding diaryl/α,β-unsaturated/α-hetero) is 1. The van der Waals surface area contributed by atoms with Crippen molar-refractivity contribution in [3.8, 4) is 0 Å². The maximum atomic E-state index is 13.2. The van der Waals surface area contributed by atoms with Gasteiger partial charge in [0.15, 0.2) is 0 Å². The molecule has 0 radical (unpaired) electrons. The third-order valence-electron chi connectivity index (χ3n) is 2.71. The van der Waals surface area contributed by atoms with Crippen molar-refractivity contribution >= 4 is 5.78 Å². The summed E-state index contributed by atoms with van der Waals surface area (Å²) in [6.07, 6.45) is 2.05. The van der Waals surface area contributed by atoms with E-state index in [0.717, 1.165) is 13.3 Å². The van der Waals surface area contributed by atoms with Gasteiger partial charge in [-0.25, -0.2) is 0 Å². The number of ketones is 1. The van der Waals surface area contributed by atoms with Crippen molar-refractivity contribution in [2.24, 2.45) is 0 Å². The van der Waals surface area contributed by atoms with Crippen LogP contribution in [0.25, 0.3) is 0 Å². The van der Waals surface area contributed by atoms with Crippen molar-refractivity contribution in [3.63, 3.8) is 0 Å². The third kappa shape index (κ3) is 4.70. The highest BCUT2D eigenvalue weighted by molar-refractivity contribution is 5.84. The van der Waals surface area contributed by atoms with Gasteiger partial charge in [0.2, 0.25) is 5.78 Å². The number of carbonyl (C=O) groups is 1. The normalized spacial score (nSPS) is 18.1. The van der Waals surface area contributed by atoms with Gasteiger partial charge in [0.05, 0.1) is 0 Å². The molecule has 17 heavy (non-hydrogen) atoms. The molecular weight excluding hydrogens is 226 g/mol. The number of rotatable bonds is 2. The molecule has 0 aromatic rings. The molecule has 0 aliphatic heterocycles. The number of hydrogen-bond acceptors (Lipinski definition) is 2. The van der Waals surface area contributed by atoms with E-state index in [1.807, 2.05) is 27.7 Å². The Bertz CT molecular complexity index is 209. The smallest absolute Gasteiger partial charge is 0.332 e. The minimum Gasteiger partial charge on any atom is -0.383 e. The molecule has 104 valence electrons. The Morgan fingerprint density at radius 1 is 1.06 bits per heavy atom. The summed E-state index contributed by atoms with van der Waals surface area (Å²) in [7, 11) is 0. The van der Waals surface area contributed by atoms with E-state index < -0.39 is 17.3 Å². The molecule has 0 aromatic heterocycles. The Balaban J connectivity index is 0. The number of hydrogen-bond donors (Lipinski definition) is 1. The lowest BCUT2D eigenvalue weighted by molar-refractivity contribution is -0.197. The van der Waals surface area contributed by atoms with Crippen molar-refractivity contribution in [1.29, 1.82) is 0 Å². The average molecular weight is 252 g/mol. The van der Waals surface area contributed by atoms with Gasteiger partial charge in [0.25, 0.3) is 0 Å². The summed E-state index contributed by atoms with van der Waals surface area (Å²) in [6, 6.07) is 0. The van der Waals surface area contributed by atoms with Crippen molar-refractivity contribution < 1.29 is 18.7 Å². The predicted molar refractivity (Wildman–Crippen MR) is 66.4 cm³/mol. The molecule has 0 heterocycles. The molecule has 1 rings (SSSR count). The largest absolute Gasteiger partial charge is 0.383 e. The number of alkyl halides is 2. The topological polar surface area (TPSA) is 37.3 Å². The fourth-order valence-corrected chi connectivity index (χ4v) is 1.78. The molecule has 0 aromatic carbocycles. The molecule has 0 unspecified atom stereocenters. The van der Waals surface area contributed by atoms with Gasteiger partial charge in [0.1, 0.15) is 5.60 Å². The molecule has 0 saturated heterocycles. The van der Waals surface area contributed by atoms with Crippen LogP contribution < -0.4 is 0 Å². The first-order chi connectivity index (χ1) is 7.90. The van der Waals surface area contributed by atoms with Crippen LogP contribution in [0.4, 0.5) is 8.78 Å². The van der Waals surface area contributed by atoms with Crippen LogP contribution in [-0.4, -0.2) is 22.4 Å². The summed E-state index contributed by atoms with van der Waals surface area (Å²) in [5, 5.41) is 9.60. The summed E-state index contributed by atoms with van der Waals surface area (Å²) in [4.78, 5) is 10.7. The first-order valence-electron chi connectivity index (χ1n) is 6.51. The molecule has 1 aliphatic rings. The minimum atomic E-state index is -3.58. The van der Waals surface area contributed by atoms with Gasteiger partial charge >= 0.3 is 5.92 Å². The van der Waals surface area contributed by atoms with Crippen LogP contribution in [0.15, 0.2) is 0 Å². The lowest BCUT2D eigenvalue weighted by Crippen LogP contribution is -2.53. The van der Waals surface area contributed by atoms with E-state index in [4.69, 9.17) is 0 Å². The molecule has 0 spiro atoms. The monoisotopic (exact) mass is 252 g/mol. The Labute approximate surface area is 103 Å². The van der Waals surface area contributed by atoms with Gasteiger partial charge in [0, 0.05) is 6.92 Å². The Morgan fingerprint density at radius 2 is 1.41 bits per heavy atom. The lowest BCUT2D eigenvalue weighted by atomic mass is 9.79. The van der Waals surface area contributed by atoms with Gasteiger partial charge in [-0.3, -0.25) is 4.79 Å². The van der Waals surface area contributed by atoms with Crippen LogP contribution in [0.5, 0.6) is 0 Å². The quantitative estimate of drug-likeness (QED) is 0.807. The van der Waals surface area contributed by atoms with Crippen molar-refractivity contribution in [2.45, 2.75) is 78.2 Å². The zero-order chi connectivity index (χ0) is 14.1. The Morgan fingerprint density at radius 3 is 1.71 bits per heavy atom. The number of halogens is 2. The van der Waals surface area contributed by atoms with Crippen LogP contribution in [0.2, 0.25) is 0 Å². The standard InChI is InChI=1S/C9H14F2O2.2C2H6/c1-7(12)9(10,11)8(13)5-3-2-4-6-8;2*1-2/h13H,2-6H2,1H3;2*1-2H3. The van der Waals surface area contributed by atoms with Crippen molar-refractivity contribution in [3.05, 3.63) is 0 Å². The van der Waals surface area contributed by atoms with Gasteiger partial charge < -0.3 is 5.11 Å². The third-order valence-corrected chi connectivity index (χ3v) is 2.71. The van der Waals surface area contributed by atoms with Gasteiger partial charge in [-0.05, 0) is 12.8 Å². The summed E-state index contributed by atoms with van der Waals surface area (Å²) < 4.78 is 26.4. The second-order valence-corrected chi connectivity index (χ2v) is 3.72. The highest BCUT2D eigenvalue weighted by atomic mass is 19.3. The molecule has 4 heteroatoms. The Hall–Kier alpha value is -0.510. The van der Waals surface area contributed by atoms with Crippen LogP contribution in [0.1, 0.15) is 66.7 Å². The molecule has 1 aliphatic carbocycles. The Kier molecular flexibility index (Phi) is 9.49. The molecule has 2 nitrogen and oxygen atoms in total. The van der Waals surface area contributed by atoms with Crippen LogP contribution in [0.3, 0.4) is 0 Å². The first kappa shape index (κ1) is 18.8. The molecule has 0 amide bonds. The number of aliphatic hydroxyl groups is 1. The maximum Gasteiger partial charge on any atom is 0.332 e. The zero-order valence-corrected chi connectivity index (χ0v) is 11.6. The van der Waals surface area contributed by atoms with E-state index in [1.54, 1.807) is 0 Å².